The minimum absolute atomic E-state index is 0.147. The van der Waals surface area contributed by atoms with Crippen molar-refractivity contribution in [2.75, 3.05) is 5.01 Å². The van der Waals surface area contributed by atoms with E-state index in [2.05, 4.69) is 5.10 Å². The van der Waals surface area contributed by atoms with E-state index in [9.17, 15) is 9.59 Å². The number of nitrogens with two attached hydrogens (primary N) is 1. The number of amides is 2. The minimum atomic E-state index is -0.567. The van der Waals surface area contributed by atoms with Crippen molar-refractivity contribution in [1.29, 1.82) is 0 Å². The summed E-state index contributed by atoms with van der Waals surface area (Å²) >= 11 is 0. The van der Waals surface area contributed by atoms with Crippen LogP contribution in [0.5, 0.6) is 0 Å². The number of para-hydroxylation sites is 1. The SMILES string of the molecule is CC1=NN(c2ccccc2C(N)=O)C(=O)C1. The van der Waals surface area contributed by atoms with E-state index in [0.29, 0.717) is 11.3 Å². The fraction of sp³-hybridized carbons (Fsp3) is 0.182. The minimum Gasteiger partial charge on any atom is -0.366 e. The van der Waals surface area contributed by atoms with E-state index < -0.39 is 5.91 Å². The Kier molecular flexibility index (Phi) is 2.44. The van der Waals surface area contributed by atoms with Gasteiger partial charge in [-0.1, -0.05) is 12.1 Å². The molecule has 0 aliphatic carbocycles. The van der Waals surface area contributed by atoms with Crippen LogP contribution in [0.1, 0.15) is 23.7 Å². The molecular weight excluding hydrogens is 206 g/mol. The molecule has 82 valence electrons. The molecule has 0 aromatic heterocycles. The lowest BCUT2D eigenvalue weighted by molar-refractivity contribution is -0.116. The molecule has 5 heteroatoms. The number of hydrogen-bond donors (Lipinski definition) is 1. The summed E-state index contributed by atoms with van der Waals surface area (Å²) in [5.74, 6) is -0.714. The largest absolute Gasteiger partial charge is 0.366 e. The first kappa shape index (κ1) is 10.4. The predicted molar refractivity (Wildman–Crippen MR) is 60.2 cm³/mol. The number of carbonyl (C=O) groups is 2. The first-order chi connectivity index (χ1) is 7.59. The molecule has 16 heavy (non-hydrogen) atoms. The molecule has 0 spiro atoms. The van der Waals surface area contributed by atoms with Crippen LogP contribution in [-0.2, 0) is 4.79 Å². The number of rotatable bonds is 2. The summed E-state index contributed by atoms with van der Waals surface area (Å²) in [6.45, 7) is 1.77. The fourth-order valence-corrected chi connectivity index (χ4v) is 1.61. The number of primary amides is 1. The van der Waals surface area contributed by atoms with Crippen molar-refractivity contribution >= 4 is 23.2 Å². The van der Waals surface area contributed by atoms with Crippen molar-refractivity contribution in [1.82, 2.24) is 0 Å². The van der Waals surface area contributed by atoms with E-state index in [0.717, 1.165) is 5.71 Å². The van der Waals surface area contributed by atoms with Crippen LogP contribution in [0, 0.1) is 0 Å². The van der Waals surface area contributed by atoms with Gasteiger partial charge in [0.2, 0.25) is 0 Å². The molecule has 0 radical (unpaired) electrons. The van der Waals surface area contributed by atoms with Crippen LogP contribution < -0.4 is 10.7 Å². The molecule has 2 rings (SSSR count). The zero-order chi connectivity index (χ0) is 11.7. The Morgan fingerprint density at radius 1 is 1.44 bits per heavy atom. The van der Waals surface area contributed by atoms with E-state index >= 15 is 0 Å². The molecule has 5 nitrogen and oxygen atoms in total. The molecule has 2 amide bonds. The monoisotopic (exact) mass is 217 g/mol. The fourth-order valence-electron chi connectivity index (χ4n) is 1.61. The van der Waals surface area contributed by atoms with E-state index in [1.165, 1.54) is 5.01 Å². The summed E-state index contributed by atoms with van der Waals surface area (Å²) in [5.41, 5.74) is 6.70. The van der Waals surface area contributed by atoms with Crippen molar-refractivity contribution in [3.8, 4) is 0 Å². The Labute approximate surface area is 92.5 Å². The van der Waals surface area contributed by atoms with Crippen molar-refractivity contribution < 1.29 is 9.59 Å². The van der Waals surface area contributed by atoms with Gasteiger partial charge in [0, 0.05) is 5.71 Å². The molecule has 1 aromatic carbocycles. The third-order valence-electron chi connectivity index (χ3n) is 2.31. The van der Waals surface area contributed by atoms with E-state index in [1.54, 1.807) is 31.2 Å². The lowest BCUT2D eigenvalue weighted by Crippen LogP contribution is -2.23. The van der Waals surface area contributed by atoms with Crippen LogP contribution in [0.3, 0.4) is 0 Å². The van der Waals surface area contributed by atoms with Gasteiger partial charge in [0.05, 0.1) is 17.7 Å². The molecule has 0 fully saturated rings. The molecule has 0 saturated carbocycles. The number of anilines is 1. The normalized spacial score (nSPS) is 15.2. The molecule has 0 unspecified atom stereocenters. The summed E-state index contributed by atoms with van der Waals surface area (Å²) in [6.07, 6.45) is 0.285. The molecule has 2 N–H and O–H groups in total. The Hall–Kier alpha value is -2.17. The number of carbonyl (C=O) groups excluding carboxylic acids is 2. The lowest BCUT2D eigenvalue weighted by atomic mass is 10.1. The molecule has 1 aliphatic rings. The van der Waals surface area contributed by atoms with Gasteiger partial charge in [0.15, 0.2) is 0 Å². The summed E-state index contributed by atoms with van der Waals surface area (Å²) in [6, 6.07) is 6.66. The van der Waals surface area contributed by atoms with Gasteiger partial charge < -0.3 is 5.73 Å². The van der Waals surface area contributed by atoms with Gasteiger partial charge in [-0.25, -0.2) is 0 Å². The summed E-state index contributed by atoms with van der Waals surface area (Å²) in [7, 11) is 0. The van der Waals surface area contributed by atoms with Gasteiger partial charge in [0.1, 0.15) is 0 Å². The Balaban J connectivity index is 2.48. The van der Waals surface area contributed by atoms with Gasteiger partial charge in [-0.3, -0.25) is 9.59 Å². The Morgan fingerprint density at radius 2 is 2.12 bits per heavy atom. The molecule has 0 atom stereocenters. The zero-order valence-corrected chi connectivity index (χ0v) is 8.80. The predicted octanol–water partition coefficient (Wildman–Crippen LogP) is 0.898. The van der Waals surface area contributed by atoms with Gasteiger partial charge in [-0.2, -0.15) is 10.1 Å². The van der Waals surface area contributed by atoms with Crippen molar-refractivity contribution in [2.24, 2.45) is 10.8 Å². The third-order valence-corrected chi connectivity index (χ3v) is 2.31. The number of hydrazone groups is 1. The highest BCUT2D eigenvalue weighted by Gasteiger charge is 2.25. The maximum absolute atomic E-state index is 11.6. The summed E-state index contributed by atoms with van der Waals surface area (Å²) < 4.78 is 0. The second kappa shape index (κ2) is 3.77. The van der Waals surface area contributed by atoms with Crippen LogP contribution in [0.25, 0.3) is 0 Å². The van der Waals surface area contributed by atoms with Gasteiger partial charge >= 0.3 is 0 Å². The van der Waals surface area contributed by atoms with Crippen LogP contribution >= 0.6 is 0 Å². The quantitative estimate of drug-likeness (QED) is 0.798. The van der Waals surface area contributed by atoms with E-state index in [1.807, 2.05) is 0 Å². The smallest absolute Gasteiger partial charge is 0.253 e. The summed E-state index contributed by atoms with van der Waals surface area (Å²) in [4.78, 5) is 22.8. The van der Waals surface area contributed by atoms with Crippen LogP contribution in [0.2, 0.25) is 0 Å². The van der Waals surface area contributed by atoms with E-state index in [4.69, 9.17) is 5.73 Å². The standard InChI is InChI=1S/C11H11N3O2/c1-7-6-10(15)14(13-7)9-5-3-2-4-8(9)11(12)16/h2-5H,6H2,1H3,(H2,12,16). The van der Waals surface area contributed by atoms with Gasteiger partial charge in [0.25, 0.3) is 11.8 Å². The second-order valence-corrected chi connectivity index (χ2v) is 3.60. The average Bonchev–Trinajstić information content (AvgIpc) is 2.57. The van der Waals surface area contributed by atoms with Gasteiger partial charge in [-0.05, 0) is 19.1 Å². The highest BCUT2D eigenvalue weighted by molar-refractivity contribution is 6.14. The maximum atomic E-state index is 11.6. The zero-order valence-electron chi connectivity index (χ0n) is 8.80. The van der Waals surface area contributed by atoms with Crippen molar-refractivity contribution in [2.45, 2.75) is 13.3 Å². The summed E-state index contributed by atoms with van der Waals surface area (Å²) in [5, 5.41) is 5.31. The topological polar surface area (TPSA) is 75.8 Å². The average molecular weight is 217 g/mol. The highest BCUT2D eigenvalue weighted by Crippen LogP contribution is 2.24. The number of hydrogen-bond acceptors (Lipinski definition) is 3. The highest BCUT2D eigenvalue weighted by atomic mass is 16.2. The number of nitrogens with zero attached hydrogens (tertiary/aromatic N) is 2. The molecule has 0 saturated heterocycles. The number of benzene rings is 1. The third kappa shape index (κ3) is 1.67. The van der Waals surface area contributed by atoms with Crippen molar-refractivity contribution in [3.05, 3.63) is 29.8 Å². The molecule has 1 aliphatic heterocycles. The van der Waals surface area contributed by atoms with Gasteiger partial charge in [-0.15, -0.1) is 0 Å². The molecular formula is C11H11N3O2. The maximum Gasteiger partial charge on any atom is 0.253 e. The van der Waals surface area contributed by atoms with Crippen molar-refractivity contribution in [3.63, 3.8) is 0 Å². The van der Waals surface area contributed by atoms with Crippen LogP contribution in [0.4, 0.5) is 5.69 Å². The van der Waals surface area contributed by atoms with E-state index in [-0.39, 0.29) is 12.3 Å². The van der Waals surface area contributed by atoms with Crippen LogP contribution in [0.15, 0.2) is 29.4 Å². The first-order valence-corrected chi connectivity index (χ1v) is 4.85. The molecule has 0 bridgehead atoms. The second-order valence-electron chi connectivity index (χ2n) is 3.60. The lowest BCUT2D eigenvalue weighted by Gasteiger charge is -2.14. The van der Waals surface area contributed by atoms with Crippen LogP contribution in [-0.4, -0.2) is 17.5 Å². The molecule has 1 heterocycles. The first-order valence-electron chi connectivity index (χ1n) is 4.85. The Bertz CT molecular complexity index is 494. The molecule has 1 aromatic rings. The Morgan fingerprint density at radius 3 is 2.69 bits per heavy atom.